The van der Waals surface area contributed by atoms with Crippen molar-refractivity contribution in [3.8, 4) is 5.75 Å². The van der Waals surface area contributed by atoms with Crippen molar-refractivity contribution in [3.05, 3.63) is 91.9 Å². The second-order valence-electron chi connectivity index (χ2n) is 8.79. The highest BCUT2D eigenvalue weighted by atomic mass is 35.5. The van der Waals surface area contributed by atoms with Crippen molar-refractivity contribution in [2.75, 3.05) is 11.7 Å². The molecule has 0 aliphatic carbocycles. The van der Waals surface area contributed by atoms with Gasteiger partial charge in [0, 0.05) is 27.4 Å². The second-order valence-corrected chi connectivity index (χ2v) is 10.2. The zero-order chi connectivity index (χ0) is 26.6. The average molecular weight is 552 g/mol. The number of carbonyl (C=O) groups excluding carboxylic acids is 1. The second kappa shape index (κ2) is 9.30. The fourth-order valence-corrected chi connectivity index (χ4v) is 6.19. The summed E-state index contributed by atoms with van der Waals surface area (Å²) in [6.07, 6.45) is -3.57. The Morgan fingerprint density at radius 3 is 2.54 bits per heavy atom. The molecule has 0 radical (unpaired) electrons. The molecule has 12 heteroatoms. The quantitative estimate of drug-likeness (QED) is 0.502. The van der Waals surface area contributed by atoms with Crippen LogP contribution in [0.2, 0.25) is 5.02 Å². The van der Waals surface area contributed by atoms with Gasteiger partial charge in [0.1, 0.15) is 12.7 Å². The van der Waals surface area contributed by atoms with Gasteiger partial charge in [-0.3, -0.25) is 19.3 Å². The normalized spacial score (nSPS) is 18.1. The molecule has 0 fully saturated rings. The Labute approximate surface area is 218 Å². The maximum Gasteiger partial charge on any atom is 0.408 e. The molecule has 0 unspecified atom stereocenters. The van der Waals surface area contributed by atoms with Crippen LogP contribution in [0.5, 0.6) is 5.75 Å². The van der Waals surface area contributed by atoms with E-state index in [0.717, 1.165) is 22.9 Å². The highest BCUT2D eigenvalue weighted by molar-refractivity contribution is 7.98. The van der Waals surface area contributed by atoms with E-state index >= 15 is 0 Å². The van der Waals surface area contributed by atoms with E-state index in [2.05, 4.69) is 0 Å². The standard InChI is InChI=1S/C25H21ClF3N3O4S/c1-13(25(27,28)29)30-12-32(31-9-14(10-33)22(34)23(35)21(31)24(30)36)20-15-6-4-7-18(26)17(15)11-37-19-8-3-2-5-16(19)20/h2-9,13,20,33,35H,10-12H2,1H3/t13-,20+/m1/s1. The lowest BCUT2D eigenvalue weighted by Gasteiger charge is -2.46. The molecule has 37 heavy (non-hydrogen) atoms. The Balaban J connectivity index is 1.82. The molecule has 5 rings (SSSR count). The fraction of sp³-hybridized carbons (Fsp3) is 0.280. The molecule has 2 aromatic carbocycles. The monoisotopic (exact) mass is 551 g/mol. The van der Waals surface area contributed by atoms with Crippen molar-refractivity contribution < 1.29 is 28.2 Å². The highest BCUT2D eigenvalue weighted by Gasteiger charge is 2.48. The van der Waals surface area contributed by atoms with Crippen LogP contribution in [-0.4, -0.2) is 44.6 Å². The number of halogens is 4. The summed E-state index contributed by atoms with van der Waals surface area (Å²) in [5, 5.41) is 22.4. The number of hydrogen-bond donors (Lipinski definition) is 2. The predicted molar refractivity (Wildman–Crippen MR) is 132 cm³/mol. The number of benzene rings is 2. The molecule has 0 saturated carbocycles. The number of amides is 1. The number of thioether (sulfide) groups is 1. The summed E-state index contributed by atoms with van der Waals surface area (Å²) in [7, 11) is 0. The van der Waals surface area contributed by atoms with Gasteiger partial charge in [-0.15, -0.1) is 11.8 Å². The molecule has 2 aliphatic heterocycles. The first kappa shape index (κ1) is 25.5. The molecule has 3 heterocycles. The molecular weight excluding hydrogens is 531 g/mol. The number of aliphatic hydroxyl groups is 1. The third kappa shape index (κ3) is 4.14. The van der Waals surface area contributed by atoms with Crippen LogP contribution in [0.25, 0.3) is 0 Å². The van der Waals surface area contributed by atoms with Gasteiger partial charge in [0.05, 0.1) is 12.6 Å². The van der Waals surface area contributed by atoms with E-state index in [1.54, 1.807) is 18.2 Å². The first-order valence-electron chi connectivity index (χ1n) is 11.3. The zero-order valence-corrected chi connectivity index (χ0v) is 20.9. The van der Waals surface area contributed by atoms with Crippen LogP contribution in [-0.2, 0) is 12.4 Å². The van der Waals surface area contributed by atoms with Crippen molar-refractivity contribution in [2.24, 2.45) is 0 Å². The van der Waals surface area contributed by atoms with E-state index in [4.69, 9.17) is 11.6 Å². The Morgan fingerprint density at radius 1 is 1.14 bits per heavy atom. The van der Waals surface area contributed by atoms with Gasteiger partial charge in [-0.05, 0) is 35.7 Å². The van der Waals surface area contributed by atoms with Crippen molar-refractivity contribution in [1.29, 1.82) is 0 Å². The largest absolute Gasteiger partial charge is 0.502 e. The number of nitrogens with zero attached hydrogens (tertiary/aromatic N) is 3. The van der Waals surface area contributed by atoms with Gasteiger partial charge in [-0.1, -0.05) is 41.9 Å². The van der Waals surface area contributed by atoms with Crippen LogP contribution in [0.1, 0.15) is 45.7 Å². The van der Waals surface area contributed by atoms with Crippen molar-refractivity contribution in [3.63, 3.8) is 0 Å². The molecular formula is C25H21ClF3N3O4S. The van der Waals surface area contributed by atoms with Gasteiger partial charge in [-0.2, -0.15) is 13.2 Å². The van der Waals surface area contributed by atoms with E-state index in [-0.39, 0.29) is 5.56 Å². The number of pyridine rings is 1. The molecule has 0 spiro atoms. The lowest BCUT2D eigenvalue weighted by atomic mass is 9.94. The molecule has 0 bridgehead atoms. The van der Waals surface area contributed by atoms with Gasteiger partial charge in [0.15, 0.2) is 11.4 Å². The summed E-state index contributed by atoms with van der Waals surface area (Å²) in [5.74, 6) is -1.67. The maximum atomic E-state index is 13.8. The lowest BCUT2D eigenvalue weighted by molar-refractivity contribution is -0.173. The molecule has 194 valence electrons. The fourth-order valence-electron chi connectivity index (χ4n) is 4.72. The number of carbonyl (C=O) groups is 1. The van der Waals surface area contributed by atoms with Crippen LogP contribution in [0.3, 0.4) is 0 Å². The molecule has 2 N–H and O–H groups in total. The molecule has 1 amide bonds. The minimum Gasteiger partial charge on any atom is -0.502 e. The Bertz CT molecular complexity index is 1460. The van der Waals surface area contributed by atoms with Crippen LogP contribution in [0.15, 0.2) is 58.4 Å². The number of aromatic hydroxyl groups is 1. The molecule has 1 aromatic heterocycles. The molecule has 2 atom stereocenters. The summed E-state index contributed by atoms with van der Waals surface area (Å²) in [4.78, 5) is 27.4. The first-order chi connectivity index (χ1) is 17.5. The van der Waals surface area contributed by atoms with Crippen molar-refractivity contribution in [1.82, 2.24) is 9.58 Å². The van der Waals surface area contributed by atoms with Crippen molar-refractivity contribution >= 4 is 29.3 Å². The Hall–Kier alpha value is -3.15. The molecule has 7 nitrogen and oxygen atoms in total. The van der Waals surface area contributed by atoms with Gasteiger partial charge in [-0.25, -0.2) is 0 Å². The van der Waals surface area contributed by atoms with E-state index < -0.39 is 54.3 Å². The van der Waals surface area contributed by atoms with E-state index in [1.807, 2.05) is 24.3 Å². The predicted octanol–water partition coefficient (Wildman–Crippen LogP) is 4.40. The maximum absolute atomic E-state index is 13.8. The van der Waals surface area contributed by atoms with E-state index in [9.17, 15) is 33.0 Å². The first-order valence-corrected chi connectivity index (χ1v) is 12.6. The summed E-state index contributed by atoms with van der Waals surface area (Å²) < 4.78 is 42.7. The SMILES string of the molecule is C[C@@H](N1CN([C@@H]2c3ccccc3SCc3c(Cl)cccc32)n2cc(CO)c(=O)c(O)c2C1=O)C(F)(F)F. The van der Waals surface area contributed by atoms with E-state index in [0.29, 0.717) is 21.2 Å². The van der Waals surface area contributed by atoms with E-state index in [1.165, 1.54) is 27.6 Å². The third-order valence-corrected chi connectivity index (χ3v) is 8.19. The summed E-state index contributed by atoms with van der Waals surface area (Å²) >= 11 is 8.07. The van der Waals surface area contributed by atoms with Crippen LogP contribution in [0.4, 0.5) is 13.2 Å². The number of aliphatic hydroxyl groups excluding tert-OH is 1. The number of hydrogen-bond acceptors (Lipinski definition) is 6. The summed E-state index contributed by atoms with van der Waals surface area (Å²) in [6, 6.07) is 9.70. The van der Waals surface area contributed by atoms with Gasteiger partial charge in [0.2, 0.25) is 5.43 Å². The Morgan fingerprint density at radius 2 is 1.84 bits per heavy atom. The van der Waals surface area contributed by atoms with Crippen LogP contribution < -0.4 is 10.4 Å². The number of aromatic nitrogens is 1. The van der Waals surface area contributed by atoms with Gasteiger partial charge >= 0.3 is 6.18 Å². The van der Waals surface area contributed by atoms with Crippen LogP contribution >= 0.6 is 23.4 Å². The third-order valence-electron chi connectivity index (χ3n) is 6.72. The topological polar surface area (TPSA) is 86.0 Å². The Kier molecular flexibility index (Phi) is 6.41. The van der Waals surface area contributed by atoms with Crippen molar-refractivity contribution in [2.45, 2.75) is 42.4 Å². The minimum absolute atomic E-state index is 0.209. The summed E-state index contributed by atoms with van der Waals surface area (Å²) in [5.41, 5.74) is 0.382. The molecule has 2 aliphatic rings. The number of fused-ring (bicyclic) bond motifs is 3. The molecule has 3 aromatic rings. The lowest BCUT2D eigenvalue weighted by Crippen LogP contribution is -2.60. The minimum atomic E-state index is -4.76. The number of alkyl halides is 3. The molecule has 0 saturated heterocycles. The highest BCUT2D eigenvalue weighted by Crippen LogP contribution is 2.45. The summed E-state index contributed by atoms with van der Waals surface area (Å²) in [6.45, 7) is -0.406. The van der Waals surface area contributed by atoms with Gasteiger partial charge < -0.3 is 15.1 Å². The number of rotatable bonds is 3. The smallest absolute Gasteiger partial charge is 0.408 e. The van der Waals surface area contributed by atoms with Crippen LogP contribution in [0, 0.1) is 0 Å². The zero-order valence-electron chi connectivity index (χ0n) is 19.4. The van der Waals surface area contributed by atoms with Gasteiger partial charge in [0.25, 0.3) is 5.91 Å². The average Bonchev–Trinajstić information content (AvgIpc) is 3.03.